The smallest absolute Gasteiger partial charge is 0.0208 e. The lowest BCUT2D eigenvalue weighted by Gasteiger charge is -2.11. The van der Waals surface area contributed by atoms with Crippen LogP contribution in [0.1, 0.15) is 31.4 Å². The van der Waals surface area contributed by atoms with Gasteiger partial charge in [0.2, 0.25) is 0 Å². The molecule has 0 aliphatic rings. The molecule has 0 saturated carbocycles. The van der Waals surface area contributed by atoms with Crippen molar-refractivity contribution in [3.05, 3.63) is 35.4 Å². The minimum absolute atomic E-state index is 0.777. The van der Waals surface area contributed by atoms with Gasteiger partial charge in [0, 0.05) is 6.54 Å². The Labute approximate surface area is 87.5 Å². The van der Waals surface area contributed by atoms with E-state index in [-0.39, 0.29) is 0 Å². The molecule has 1 rings (SSSR count). The number of hydrogen-bond donors (Lipinski definition) is 1. The highest BCUT2D eigenvalue weighted by atomic mass is 14.9. The largest absolute Gasteiger partial charge is 0.312 e. The summed E-state index contributed by atoms with van der Waals surface area (Å²) >= 11 is 0. The molecule has 1 aromatic carbocycles. The summed E-state index contributed by atoms with van der Waals surface area (Å²) in [5.41, 5.74) is 2.79. The van der Waals surface area contributed by atoms with Crippen molar-refractivity contribution in [3.8, 4) is 0 Å². The zero-order valence-electron chi connectivity index (χ0n) is 9.51. The Morgan fingerprint density at radius 2 is 2.00 bits per heavy atom. The van der Waals surface area contributed by atoms with Gasteiger partial charge in [0.15, 0.2) is 0 Å². The van der Waals surface area contributed by atoms with Crippen LogP contribution in [0.4, 0.5) is 0 Å². The second-order valence-corrected chi connectivity index (χ2v) is 4.07. The maximum absolute atomic E-state index is 3.49. The van der Waals surface area contributed by atoms with Gasteiger partial charge in [-0.3, -0.25) is 0 Å². The first kappa shape index (κ1) is 11.3. The Bertz CT molecular complexity index is 268. The van der Waals surface area contributed by atoms with Gasteiger partial charge in [-0.25, -0.2) is 0 Å². The van der Waals surface area contributed by atoms with Crippen LogP contribution < -0.4 is 5.32 Å². The molecule has 14 heavy (non-hydrogen) atoms. The van der Waals surface area contributed by atoms with Gasteiger partial charge in [0.1, 0.15) is 0 Å². The molecule has 1 atom stereocenters. The average Bonchev–Trinajstić information content (AvgIpc) is 2.20. The lowest BCUT2D eigenvalue weighted by Crippen LogP contribution is -2.20. The number of aryl methyl sites for hydroxylation is 1. The summed E-state index contributed by atoms with van der Waals surface area (Å²) in [5.74, 6) is 0.777. The van der Waals surface area contributed by atoms with E-state index >= 15 is 0 Å². The standard InChI is InChI=1S/C13H21N/c1-4-11(2)9-14-10-13-8-6-5-7-12(13)3/h5-8,11,14H,4,9-10H2,1-3H3/t11-/m1/s1. The quantitative estimate of drug-likeness (QED) is 0.754. The Balaban J connectivity index is 2.35. The fraction of sp³-hybridized carbons (Fsp3) is 0.538. The van der Waals surface area contributed by atoms with Crippen molar-refractivity contribution in [1.82, 2.24) is 5.32 Å². The number of rotatable bonds is 5. The lowest BCUT2D eigenvalue weighted by molar-refractivity contribution is 0.499. The second-order valence-electron chi connectivity index (χ2n) is 4.07. The van der Waals surface area contributed by atoms with Crippen molar-refractivity contribution in [3.63, 3.8) is 0 Å². The van der Waals surface area contributed by atoms with Crippen LogP contribution >= 0.6 is 0 Å². The van der Waals surface area contributed by atoms with E-state index in [0.29, 0.717) is 0 Å². The highest BCUT2D eigenvalue weighted by molar-refractivity contribution is 5.25. The molecule has 0 aliphatic carbocycles. The molecule has 1 N–H and O–H groups in total. The Hall–Kier alpha value is -0.820. The molecule has 0 unspecified atom stereocenters. The van der Waals surface area contributed by atoms with E-state index < -0.39 is 0 Å². The monoisotopic (exact) mass is 191 g/mol. The van der Waals surface area contributed by atoms with E-state index in [4.69, 9.17) is 0 Å². The van der Waals surface area contributed by atoms with Gasteiger partial charge in [0.05, 0.1) is 0 Å². The van der Waals surface area contributed by atoms with Gasteiger partial charge in [-0.05, 0) is 30.5 Å². The van der Waals surface area contributed by atoms with Gasteiger partial charge >= 0.3 is 0 Å². The van der Waals surface area contributed by atoms with E-state index in [1.54, 1.807) is 0 Å². The summed E-state index contributed by atoms with van der Waals surface area (Å²) in [6.07, 6.45) is 1.25. The van der Waals surface area contributed by atoms with Crippen LogP contribution in [0.2, 0.25) is 0 Å². The van der Waals surface area contributed by atoms with E-state index in [1.807, 2.05) is 0 Å². The molecule has 0 bridgehead atoms. The fourth-order valence-corrected chi connectivity index (χ4v) is 1.41. The first-order valence-corrected chi connectivity index (χ1v) is 5.49. The van der Waals surface area contributed by atoms with Crippen LogP contribution in [0.3, 0.4) is 0 Å². The zero-order chi connectivity index (χ0) is 10.4. The first-order chi connectivity index (χ1) is 6.74. The molecule has 1 aromatic rings. The maximum atomic E-state index is 3.49. The van der Waals surface area contributed by atoms with Crippen molar-refractivity contribution in [2.24, 2.45) is 5.92 Å². The highest BCUT2D eigenvalue weighted by Gasteiger charge is 1.99. The molecule has 0 amide bonds. The molecule has 0 spiro atoms. The van der Waals surface area contributed by atoms with Crippen molar-refractivity contribution in [1.29, 1.82) is 0 Å². The third-order valence-electron chi connectivity index (χ3n) is 2.77. The zero-order valence-corrected chi connectivity index (χ0v) is 9.51. The van der Waals surface area contributed by atoms with Crippen molar-refractivity contribution in [2.75, 3.05) is 6.54 Å². The van der Waals surface area contributed by atoms with Gasteiger partial charge < -0.3 is 5.32 Å². The molecule has 0 saturated heterocycles. The predicted molar refractivity (Wildman–Crippen MR) is 62.3 cm³/mol. The lowest BCUT2D eigenvalue weighted by atomic mass is 10.1. The Kier molecular flexibility index (Phi) is 4.68. The number of nitrogens with one attached hydrogen (secondary N) is 1. The molecule has 0 aliphatic heterocycles. The van der Waals surface area contributed by atoms with E-state index in [9.17, 15) is 0 Å². The normalized spacial score (nSPS) is 12.8. The van der Waals surface area contributed by atoms with E-state index in [1.165, 1.54) is 17.5 Å². The Morgan fingerprint density at radius 3 is 2.64 bits per heavy atom. The van der Waals surface area contributed by atoms with Crippen LogP contribution in [0.5, 0.6) is 0 Å². The molecular weight excluding hydrogens is 170 g/mol. The highest BCUT2D eigenvalue weighted by Crippen LogP contribution is 2.06. The molecular formula is C13H21N. The van der Waals surface area contributed by atoms with Gasteiger partial charge in [-0.2, -0.15) is 0 Å². The van der Waals surface area contributed by atoms with E-state index in [0.717, 1.165) is 19.0 Å². The summed E-state index contributed by atoms with van der Waals surface area (Å²) in [4.78, 5) is 0. The number of benzene rings is 1. The maximum Gasteiger partial charge on any atom is 0.0208 e. The van der Waals surface area contributed by atoms with Crippen LogP contribution in [-0.4, -0.2) is 6.54 Å². The van der Waals surface area contributed by atoms with Crippen molar-refractivity contribution in [2.45, 2.75) is 33.7 Å². The van der Waals surface area contributed by atoms with Crippen LogP contribution in [0, 0.1) is 12.8 Å². The fourth-order valence-electron chi connectivity index (χ4n) is 1.41. The van der Waals surface area contributed by atoms with Crippen LogP contribution in [0.15, 0.2) is 24.3 Å². The summed E-state index contributed by atoms with van der Waals surface area (Å²) in [5, 5.41) is 3.49. The van der Waals surface area contributed by atoms with Gasteiger partial charge in [-0.15, -0.1) is 0 Å². The summed E-state index contributed by atoms with van der Waals surface area (Å²) in [6, 6.07) is 8.56. The predicted octanol–water partition coefficient (Wildman–Crippen LogP) is 3.13. The molecule has 0 aromatic heterocycles. The molecule has 1 heteroatoms. The SMILES string of the molecule is CC[C@@H](C)CNCc1ccccc1C. The third-order valence-corrected chi connectivity index (χ3v) is 2.77. The first-order valence-electron chi connectivity index (χ1n) is 5.49. The van der Waals surface area contributed by atoms with Crippen molar-refractivity contribution >= 4 is 0 Å². The summed E-state index contributed by atoms with van der Waals surface area (Å²) in [6.45, 7) is 8.80. The minimum atomic E-state index is 0.777. The summed E-state index contributed by atoms with van der Waals surface area (Å²) < 4.78 is 0. The third kappa shape index (κ3) is 3.51. The second kappa shape index (κ2) is 5.82. The molecule has 0 heterocycles. The Morgan fingerprint density at radius 1 is 1.29 bits per heavy atom. The molecule has 1 nitrogen and oxygen atoms in total. The van der Waals surface area contributed by atoms with Crippen LogP contribution in [-0.2, 0) is 6.54 Å². The number of hydrogen-bond acceptors (Lipinski definition) is 1. The van der Waals surface area contributed by atoms with Gasteiger partial charge in [-0.1, -0.05) is 44.5 Å². The molecule has 0 radical (unpaired) electrons. The van der Waals surface area contributed by atoms with Crippen molar-refractivity contribution < 1.29 is 0 Å². The molecule has 0 fully saturated rings. The minimum Gasteiger partial charge on any atom is -0.312 e. The summed E-state index contributed by atoms with van der Waals surface area (Å²) in [7, 11) is 0. The molecule has 78 valence electrons. The average molecular weight is 191 g/mol. The van der Waals surface area contributed by atoms with Crippen LogP contribution in [0.25, 0.3) is 0 Å². The van der Waals surface area contributed by atoms with E-state index in [2.05, 4.69) is 50.4 Å². The van der Waals surface area contributed by atoms with Gasteiger partial charge in [0.25, 0.3) is 0 Å². The topological polar surface area (TPSA) is 12.0 Å².